The molecule has 0 bridgehead atoms. The van der Waals surface area contributed by atoms with Crippen LogP contribution in [0.5, 0.6) is 0 Å². The van der Waals surface area contributed by atoms with E-state index in [0.29, 0.717) is 0 Å². The average molecular weight is 333 g/mol. The number of halogens is 1. The predicted molar refractivity (Wildman–Crippen MR) is 93.6 cm³/mol. The van der Waals surface area contributed by atoms with Gasteiger partial charge in [0.1, 0.15) is 0 Å². The van der Waals surface area contributed by atoms with E-state index in [1.54, 1.807) is 0 Å². The molecule has 0 N–H and O–H groups in total. The second-order valence-corrected chi connectivity index (χ2v) is 5.73. The summed E-state index contributed by atoms with van der Waals surface area (Å²) in [6, 6.07) is 13.5. The first-order chi connectivity index (χ1) is 9.60. The van der Waals surface area contributed by atoms with Gasteiger partial charge in [0.2, 0.25) is 0 Å². The molecule has 0 saturated carbocycles. The first-order valence-corrected chi connectivity index (χ1v) is 8.23. The van der Waals surface area contributed by atoms with Gasteiger partial charge in [-0.2, -0.15) is 0 Å². The Kier molecular flexibility index (Phi) is 7.01. The monoisotopic (exact) mass is 332 g/mol. The van der Waals surface area contributed by atoms with Crippen LogP contribution < -0.4 is 0 Å². The van der Waals surface area contributed by atoms with Crippen LogP contribution in [0.3, 0.4) is 0 Å². The lowest BCUT2D eigenvalue weighted by Crippen LogP contribution is -1.94. The minimum atomic E-state index is 1.02. The van der Waals surface area contributed by atoms with Crippen LogP contribution in [0.25, 0.3) is 0 Å². The normalized spacial score (nSPS) is 9.90. The van der Waals surface area contributed by atoms with Crippen molar-refractivity contribution in [1.29, 1.82) is 0 Å². The van der Waals surface area contributed by atoms with E-state index in [1.807, 2.05) is 13.8 Å². The predicted octanol–water partition coefficient (Wildman–Crippen LogP) is 6.25. The maximum absolute atomic E-state index is 3.58. The van der Waals surface area contributed by atoms with Gasteiger partial charge in [-0.3, -0.25) is 0 Å². The zero-order valence-corrected chi connectivity index (χ0v) is 14.8. The fourth-order valence-corrected chi connectivity index (χ4v) is 2.60. The van der Waals surface area contributed by atoms with Gasteiger partial charge in [0.05, 0.1) is 0 Å². The Labute approximate surface area is 132 Å². The molecule has 0 aliphatic carbocycles. The van der Waals surface area contributed by atoms with E-state index in [4.69, 9.17) is 0 Å². The third-order valence-corrected chi connectivity index (χ3v) is 4.30. The minimum absolute atomic E-state index is 1.02. The van der Waals surface area contributed by atoms with E-state index in [2.05, 4.69) is 73.1 Å². The van der Waals surface area contributed by atoms with Crippen molar-refractivity contribution in [3.8, 4) is 0 Å². The van der Waals surface area contributed by atoms with Crippen molar-refractivity contribution in [1.82, 2.24) is 0 Å². The highest BCUT2D eigenvalue weighted by Gasteiger charge is 2.04. The second-order valence-electron chi connectivity index (χ2n) is 4.87. The highest BCUT2D eigenvalue weighted by atomic mass is 79.9. The summed E-state index contributed by atoms with van der Waals surface area (Å²) >= 11 is 3.58. The van der Waals surface area contributed by atoms with E-state index < -0.39 is 0 Å². The van der Waals surface area contributed by atoms with Crippen LogP contribution in [0.4, 0.5) is 0 Å². The first kappa shape index (κ1) is 17.0. The molecule has 0 radical (unpaired) electrons. The quantitative estimate of drug-likeness (QED) is 0.623. The zero-order valence-electron chi connectivity index (χ0n) is 13.3. The molecule has 0 saturated heterocycles. The molecule has 0 fully saturated rings. The van der Waals surface area contributed by atoms with Gasteiger partial charge in [-0.1, -0.05) is 67.0 Å². The number of aryl methyl sites for hydroxylation is 3. The van der Waals surface area contributed by atoms with Crippen molar-refractivity contribution >= 4 is 15.9 Å². The molecule has 0 nitrogen and oxygen atoms in total. The van der Waals surface area contributed by atoms with Crippen molar-refractivity contribution in [2.75, 3.05) is 0 Å². The summed E-state index contributed by atoms with van der Waals surface area (Å²) in [5, 5.41) is 0. The number of rotatable bonds is 3. The van der Waals surface area contributed by atoms with Gasteiger partial charge >= 0.3 is 0 Å². The number of benzene rings is 2. The molecule has 2 rings (SSSR count). The second kappa shape index (κ2) is 8.26. The average Bonchev–Trinajstić information content (AvgIpc) is 2.47. The fourth-order valence-electron chi connectivity index (χ4n) is 2.14. The molecule has 2 aromatic rings. The summed E-state index contributed by atoms with van der Waals surface area (Å²) in [6.45, 7) is 10.5. The van der Waals surface area contributed by atoms with Crippen LogP contribution in [0.15, 0.2) is 40.9 Å². The summed E-state index contributed by atoms with van der Waals surface area (Å²) < 4.78 is 1.20. The van der Waals surface area contributed by atoms with Gasteiger partial charge < -0.3 is 0 Å². The van der Waals surface area contributed by atoms with Crippen molar-refractivity contribution in [3.63, 3.8) is 0 Å². The molecule has 0 amide bonds. The van der Waals surface area contributed by atoms with Crippen LogP contribution in [0, 0.1) is 13.8 Å². The lowest BCUT2D eigenvalue weighted by molar-refractivity contribution is 1.11. The van der Waals surface area contributed by atoms with Crippen LogP contribution in [-0.4, -0.2) is 0 Å². The zero-order chi connectivity index (χ0) is 15.1. The third-order valence-electron chi connectivity index (χ3n) is 3.44. The highest BCUT2D eigenvalue weighted by molar-refractivity contribution is 9.10. The summed E-state index contributed by atoms with van der Waals surface area (Å²) in [7, 11) is 0. The van der Waals surface area contributed by atoms with Crippen molar-refractivity contribution in [2.24, 2.45) is 0 Å². The van der Waals surface area contributed by atoms with Gasteiger partial charge in [0.25, 0.3) is 0 Å². The van der Waals surface area contributed by atoms with E-state index in [1.165, 1.54) is 32.3 Å². The van der Waals surface area contributed by atoms with E-state index in [-0.39, 0.29) is 0 Å². The Morgan fingerprint density at radius 1 is 0.850 bits per heavy atom. The Morgan fingerprint density at radius 2 is 1.40 bits per heavy atom. The van der Waals surface area contributed by atoms with Gasteiger partial charge in [-0.15, -0.1) is 0 Å². The van der Waals surface area contributed by atoms with Crippen LogP contribution in [0.1, 0.15) is 48.6 Å². The minimum Gasteiger partial charge on any atom is -0.0683 e. The summed E-state index contributed by atoms with van der Waals surface area (Å²) in [5.74, 6) is 0. The lowest BCUT2D eigenvalue weighted by atomic mass is 9.98. The number of hydrogen-bond donors (Lipinski definition) is 0. The molecule has 0 aliphatic rings. The molecular formula is C19H25Br. The molecular weight excluding hydrogens is 308 g/mol. The first-order valence-electron chi connectivity index (χ1n) is 7.43. The van der Waals surface area contributed by atoms with Gasteiger partial charge in [0.15, 0.2) is 0 Å². The Hall–Kier alpha value is -1.08. The van der Waals surface area contributed by atoms with E-state index in [9.17, 15) is 0 Å². The summed E-state index contributed by atoms with van der Waals surface area (Å²) in [4.78, 5) is 0. The van der Waals surface area contributed by atoms with Crippen LogP contribution in [-0.2, 0) is 12.8 Å². The molecule has 0 unspecified atom stereocenters. The summed E-state index contributed by atoms with van der Waals surface area (Å²) in [6.07, 6.45) is 2.13. The molecule has 0 spiro atoms. The van der Waals surface area contributed by atoms with E-state index in [0.717, 1.165) is 12.8 Å². The molecule has 20 heavy (non-hydrogen) atoms. The Bertz CT molecular complexity index is 538. The third kappa shape index (κ3) is 4.49. The van der Waals surface area contributed by atoms with Gasteiger partial charge in [0, 0.05) is 4.47 Å². The molecule has 2 aromatic carbocycles. The van der Waals surface area contributed by atoms with Gasteiger partial charge in [-0.05, 0) is 60.6 Å². The van der Waals surface area contributed by atoms with E-state index >= 15 is 0 Å². The molecule has 0 atom stereocenters. The standard InChI is InChI=1S/C17H19Br.C2H6/c1-4-14-5-7-15(8-6-14)11-16-9-13(3)17(18)10-12(16)2;1-2/h5-10H,4,11H2,1-3H3;1-2H3. The smallest absolute Gasteiger partial charge is 0.0207 e. The largest absolute Gasteiger partial charge is 0.0683 e. The molecule has 108 valence electrons. The highest BCUT2D eigenvalue weighted by Crippen LogP contribution is 2.23. The van der Waals surface area contributed by atoms with Crippen molar-refractivity contribution in [2.45, 2.75) is 47.5 Å². The maximum Gasteiger partial charge on any atom is 0.0207 e. The molecule has 0 aromatic heterocycles. The van der Waals surface area contributed by atoms with Crippen molar-refractivity contribution in [3.05, 3.63) is 68.7 Å². The maximum atomic E-state index is 3.58. The summed E-state index contributed by atoms with van der Waals surface area (Å²) in [5.41, 5.74) is 6.87. The van der Waals surface area contributed by atoms with Crippen molar-refractivity contribution < 1.29 is 0 Å². The Morgan fingerprint density at radius 3 is 1.95 bits per heavy atom. The Balaban J connectivity index is 0.000000956. The molecule has 0 heterocycles. The fraction of sp³-hybridized carbons (Fsp3) is 0.368. The van der Waals surface area contributed by atoms with Crippen LogP contribution in [0.2, 0.25) is 0 Å². The number of hydrogen-bond acceptors (Lipinski definition) is 0. The lowest BCUT2D eigenvalue weighted by Gasteiger charge is -2.09. The van der Waals surface area contributed by atoms with Crippen LogP contribution >= 0.6 is 15.9 Å². The molecule has 0 aliphatic heterocycles. The van der Waals surface area contributed by atoms with Gasteiger partial charge in [-0.25, -0.2) is 0 Å². The SMILES string of the molecule is CC.CCc1ccc(Cc2cc(C)c(Br)cc2C)cc1. The molecule has 1 heteroatoms. The topological polar surface area (TPSA) is 0 Å².